The molecule has 1 saturated heterocycles. The highest BCUT2D eigenvalue weighted by atomic mass is 16.2. The standard InChI is InChI=1S/C13H18N4O/c1-11(2)15-6-8-16(9-7-15)13(18)17-5-3-4-12(17)10-14/h3-5,11H,6-9H2,1-2H3. The van der Waals surface area contributed by atoms with Crippen LogP contribution in [0.25, 0.3) is 0 Å². The summed E-state index contributed by atoms with van der Waals surface area (Å²) in [7, 11) is 0. The van der Waals surface area contributed by atoms with E-state index < -0.39 is 0 Å². The molecular formula is C13H18N4O. The summed E-state index contributed by atoms with van der Waals surface area (Å²) < 4.78 is 1.42. The molecule has 96 valence electrons. The summed E-state index contributed by atoms with van der Waals surface area (Å²) in [6.45, 7) is 7.56. The van der Waals surface area contributed by atoms with Gasteiger partial charge in [0.2, 0.25) is 0 Å². The number of amides is 1. The van der Waals surface area contributed by atoms with Gasteiger partial charge in [-0.05, 0) is 26.0 Å². The maximum absolute atomic E-state index is 12.2. The topological polar surface area (TPSA) is 52.3 Å². The minimum absolute atomic E-state index is 0.0973. The fourth-order valence-corrected chi connectivity index (χ4v) is 2.22. The summed E-state index contributed by atoms with van der Waals surface area (Å²) in [5, 5.41) is 8.92. The maximum Gasteiger partial charge on any atom is 0.329 e. The highest BCUT2D eigenvalue weighted by Crippen LogP contribution is 2.09. The Labute approximate surface area is 107 Å². The third-order valence-corrected chi connectivity index (χ3v) is 3.38. The van der Waals surface area contributed by atoms with Crippen LogP contribution in [0.3, 0.4) is 0 Å². The molecule has 0 aromatic carbocycles. The molecule has 0 atom stereocenters. The zero-order chi connectivity index (χ0) is 13.1. The summed E-state index contributed by atoms with van der Waals surface area (Å²) >= 11 is 0. The van der Waals surface area contributed by atoms with Crippen molar-refractivity contribution in [3.8, 4) is 6.07 Å². The number of carbonyl (C=O) groups is 1. The van der Waals surface area contributed by atoms with Crippen LogP contribution in [0, 0.1) is 11.3 Å². The first kappa shape index (κ1) is 12.7. The van der Waals surface area contributed by atoms with E-state index in [-0.39, 0.29) is 6.03 Å². The fraction of sp³-hybridized carbons (Fsp3) is 0.538. The molecule has 0 bridgehead atoms. The van der Waals surface area contributed by atoms with Gasteiger partial charge in [0.05, 0.1) is 0 Å². The van der Waals surface area contributed by atoms with E-state index in [1.54, 1.807) is 23.2 Å². The lowest BCUT2D eigenvalue weighted by molar-refractivity contribution is 0.120. The molecular weight excluding hydrogens is 228 g/mol. The van der Waals surface area contributed by atoms with Crippen LogP contribution in [0.4, 0.5) is 4.79 Å². The molecule has 5 nitrogen and oxygen atoms in total. The van der Waals surface area contributed by atoms with Gasteiger partial charge in [0, 0.05) is 38.4 Å². The summed E-state index contributed by atoms with van der Waals surface area (Å²) in [4.78, 5) is 16.4. The minimum atomic E-state index is -0.0973. The van der Waals surface area contributed by atoms with Gasteiger partial charge in [0.1, 0.15) is 11.8 Å². The molecule has 1 aliphatic rings. The predicted octanol–water partition coefficient (Wildman–Crippen LogP) is 1.35. The van der Waals surface area contributed by atoms with Crippen LogP contribution in [0.5, 0.6) is 0 Å². The van der Waals surface area contributed by atoms with Crippen LogP contribution in [0.2, 0.25) is 0 Å². The Morgan fingerprint density at radius 2 is 2.00 bits per heavy atom. The van der Waals surface area contributed by atoms with Gasteiger partial charge in [-0.25, -0.2) is 4.79 Å². The number of hydrogen-bond donors (Lipinski definition) is 0. The van der Waals surface area contributed by atoms with Crippen LogP contribution in [-0.2, 0) is 0 Å². The molecule has 0 N–H and O–H groups in total. The van der Waals surface area contributed by atoms with Crippen molar-refractivity contribution >= 4 is 6.03 Å². The molecule has 1 aliphatic heterocycles. The quantitative estimate of drug-likeness (QED) is 0.751. The number of piperazine rings is 1. The average molecular weight is 246 g/mol. The zero-order valence-corrected chi connectivity index (χ0v) is 10.8. The number of aromatic nitrogens is 1. The van der Waals surface area contributed by atoms with Crippen molar-refractivity contribution < 1.29 is 4.79 Å². The van der Waals surface area contributed by atoms with E-state index >= 15 is 0 Å². The van der Waals surface area contributed by atoms with E-state index in [1.165, 1.54) is 4.57 Å². The molecule has 2 heterocycles. The molecule has 18 heavy (non-hydrogen) atoms. The van der Waals surface area contributed by atoms with Crippen molar-refractivity contribution in [3.63, 3.8) is 0 Å². The minimum Gasteiger partial charge on any atom is -0.321 e. The van der Waals surface area contributed by atoms with Gasteiger partial charge in [0.15, 0.2) is 0 Å². The summed E-state index contributed by atoms with van der Waals surface area (Å²) in [5.41, 5.74) is 0.395. The van der Waals surface area contributed by atoms with Gasteiger partial charge >= 0.3 is 6.03 Å². The van der Waals surface area contributed by atoms with Crippen LogP contribution >= 0.6 is 0 Å². The normalized spacial score (nSPS) is 16.9. The Balaban J connectivity index is 2.02. The van der Waals surface area contributed by atoms with E-state index in [1.807, 2.05) is 6.07 Å². The Hall–Kier alpha value is -1.80. The maximum atomic E-state index is 12.2. The monoisotopic (exact) mass is 246 g/mol. The predicted molar refractivity (Wildman–Crippen MR) is 68.2 cm³/mol. The third-order valence-electron chi connectivity index (χ3n) is 3.38. The van der Waals surface area contributed by atoms with Crippen LogP contribution in [0.15, 0.2) is 18.3 Å². The lowest BCUT2D eigenvalue weighted by atomic mass is 10.2. The van der Waals surface area contributed by atoms with Gasteiger partial charge in [-0.2, -0.15) is 5.26 Å². The summed E-state index contributed by atoms with van der Waals surface area (Å²) in [6, 6.07) is 5.83. The molecule has 0 unspecified atom stereocenters. The van der Waals surface area contributed by atoms with Crippen molar-refractivity contribution in [2.45, 2.75) is 19.9 Å². The lowest BCUT2D eigenvalue weighted by Gasteiger charge is -2.36. The Kier molecular flexibility index (Phi) is 3.68. The molecule has 0 radical (unpaired) electrons. The Morgan fingerprint density at radius 3 is 2.56 bits per heavy atom. The van der Waals surface area contributed by atoms with Crippen molar-refractivity contribution in [2.75, 3.05) is 26.2 Å². The second-order valence-electron chi connectivity index (χ2n) is 4.77. The van der Waals surface area contributed by atoms with E-state index in [0.29, 0.717) is 11.7 Å². The highest BCUT2D eigenvalue weighted by Gasteiger charge is 2.24. The van der Waals surface area contributed by atoms with Gasteiger partial charge in [-0.3, -0.25) is 9.47 Å². The summed E-state index contributed by atoms with van der Waals surface area (Å²) in [5.74, 6) is 0. The second-order valence-corrected chi connectivity index (χ2v) is 4.77. The molecule has 0 aliphatic carbocycles. The molecule has 0 saturated carbocycles. The van der Waals surface area contributed by atoms with Crippen LogP contribution in [-0.4, -0.2) is 52.6 Å². The van der Waals surface area contributed by atoms with E-state index in [9.17, 15) is 4.79 Å². The van der Waals surface area contributed by atoms with E-state index in [2.05, 4.69) is 18.7 Å². The number of nitrogens with zero attached hydrogens (tertiary/aromatic N) is 4. The Bertz CT molecular complexity index is 464. The number of hydrogen-bond acceptors (Lipinski definition) is 3. The molecule has 0 spiro atoms. The summed E-state index contributed by atoms with van der Waals surface area (Å²) in [6.07, 6.45) is 1.65. The number of nitriles is 1. The Morgan fingerprint density at radius 1 is 1.33 bits per heavy atom. The molecule has 1 amide bonds. The first-order chi connectivity index (χ1) is 8.63. The second kappa shape index (κ2) is 5.23. The van der Waals surface area contributed by atoms with Crippen LogP contribution < -0.4 is 0 Å². The third kappa shape index (κ3) is 2.39. The van der Waals surface area contributed by atoms with Gasteiger partial charge < -0.3 is 4.90 Å². The van der Waals surface area contributed by atoms with Crippen molar-refractivity contribution in [1.29, 1.82) is 5.26 Å². The molecule has 1 aromatic rings. The van der Waals surface area contributed by atoms with E-state index in [0.717, 1.165) is 26.2 Å². The first-order valence-corrected chi connectivity index (χ1v) is 6.24. The average Bonchev–Trinajstić information content (AvgIpc) is 2.86. The van der Waals surface area contributed by atoms with E-state index in [4.69, 9.17) is 5.26 Å². The van der Waals surface area contributed by atoms with Crippen LogP contribution in [0.1, 0.15) is 19.5 Å². The van der Waals surface area contributed by atoms with Crippen molar-refractivity contribution in [1.82, 2.24) is 14.4 Å². The first-order valence-electron chi connectivity index (χ1n) is 6.24. The smallest absolute Gasteiger partial charge is 0.321 e. The molecule has 1 aromatic heterocycles. The SMILES string of the molecule is CC(C)N1CCN(C(=O)n2cccc2C#N)CC1. The largest absolute Gasteiger partial charge is 0.329 e. The molecule has 2 rings (SSSR count). The zero-order valence-electron chi connectivity index (χ0n) is 10.8. The highest BCUT2D eigenvalue weighted by molar-refractivity contribution is 5.78. The number of carbonyl (C=O) groups excluding carboxylic acids is 1. The van der Waals surface area contributed by atoms with Gasteiger partial charge in [-0.15, -0.1) is 0 Å². The number of rotatable bonds is 1. The lowest BCUT2D eigenvalue weighted by Crippen LogP contribution is -2.51. The van der Waals surface area contributed by atoms with Crippen molar-refractivity contribution in [3.05, 3.63) is 24.0 Å². The fourth-order valence-electron chi connectivity index (χ4n) is 2.22. The van der Waals surface area contributed by atoms with Gasteiger partial charge in [0.25, 0.3) is 0 Å². The van der Waals surface area contributed by atoms with Gasteiger partial charge in [-0.1, -0.05) is 0 Å². The molecule has 5 heteroatoms. The van der Waals surface area contributed by atoms with Crippen molar-refractivity contribution in [2.24, 2.45) is 0 Å². The molecule has 1 fully saturated rings.